The second-order valence-electron chi connectivity index (χ2n) is 26.9. The van der Waals surface area contributed by atoms with Crippen LogP contribution in [0.25, 0.3) is 0 Å². The van der Waals surface area contributed by atoms with E-state index in [4.69, 9.17) is 196 Å². The number of aromatic amines is 4. The Balaban J connectivity index is 0.000000152. The molecule has 0 amide bonds. The van der Waals surface area contributed by atoms with Gasteiger partial charge < -0.3 is 96.8 Å². The molecule has 8 aliphatic heterocycles. The van der Waals surface area contributed by atoms with Crippen LogP contribution in [0.15, 0.2) is 117 Å². The Hall–Kier alpha value is -7.32. The minimum absolute atomic E-state index is 0.0664. The number of rotatable bonds is 20. The van der Waals surface area contributed by atoms with Gasteiger partial charge in [0.25, 0.3) is 45.7 Å². The van der Waals surface area contributed by atoms with Gasteiger partial charge in [0.05, 0.1) is 63.1 Å². The molecule has 20 atom stereocenters. The van der Waals surface area contributed by atoms with E-state index in [2.05, 4.69) is 19.9 Å². The first-order valence-corrected chi connectivity index (χ1v) is 44.6. The molecule has 4 saturated heterocycles. The maximum atomic E-state index is 15.9. The number of hydrogen-bond donors (Lipinski definition) is 12. The van der Waals surface area contributed by atoms with Crippen LogP contribution in [0.4, 0.5) is 17.6 Å². The number of aliphatic hydroxyl groups excluding tert-OH is 8. The fourth-order valence-electron chi connectivity index (χ4n) is 12.2. The van der Waals surface area contributed by atoms with Crippen LogP contribution in [0, 0.1) is 19.1 Å². The second-order valence-corrected chi connectivity index (χ2v) is 36.3. The Morgan fingerprint density at radius 2 is 0.648 bits per heavy atom. The highest BCUT2D eigenvalue weighted by atomic mass is 35.5. The number of fused-ring (bicyclic) bond motifs is 4. The van der Waals surface area contributed by atoms with Gasteiger partial charge in [-0.3, -0.25) is 93.6 Å². The molecule has 0 aliphatic carbocycles. The number of hydrogen-bond acceptors (Lipinski definition) is 40. The van der Waals surface area contributed by atoms with E-state index >= 15 is 17.6 Å². The summed E-state index contributed by atoms with van der Waals surface area (Å²) in [5, 5.41) is 81.1. The van der Waals surface area contributed by atoms with E-state index in [-0.39, 0.29) is 80.4 Å². The van der Waals surface area contributed by atoms with Crippen molar-refractivity contribution in [2.24, 2.45) is 0 Å². The first-order chi connectivity index (χ1) is 62.5. The van der Waals surface area contributed by atoms with E-state index in [1.54, 1.807) is 60.7 Å². The van der Waals surface area contributed by atoms with Crippen molar-refractivity contribution in [3.05, 3.63) is 200 Å². The van der Waals surface area contributed by atoms with Crippen molar-refractivity contribution in [3.63, 3.8) is 0 Å². The van der Waals surface area contributed by atoms with Crippen LogP contribution >= 0.6 is 127 Å². The molecule has 4 unspecified atom stereocenters. The van der Waals surface area contributed by atoms with E-state index in [0.717, 1.165) is 33.9 Å². The van der Waals surface area contributed by atoms with Gasteiger partial charge in [0.2, 0.25) is 0 Å². The molecule has 8 aliphatic rings. The Morgan fingerprint density at radius 3 is 0.961 bits per heavy atom. The lowest BCUT2D eigenvalue weighted by Crippen LogP contribution is -2.43. The van der Waals surface area contributed by atoms with Gasteiger partial charge in [-0.2, -0.15) is 0 Å². The number of halogens is 8. The van der Waals surface area contributed by atoms with E-state index in [9.17, 15) is 78.3 Å². The molecule has 12 heterocycles. The normalized spacial score (nSPS) is 33.8. The number of ether oxygens (including phenoxy) is 8. The van der Waals surface area contributed by atoms with Crippen LogP contribution in [0.1, 0.15) is 55.3 Å². The lowest BCUT2D eigenvalue weighted by molar-refractivity contribution is -0.205. The zero-order valence-corrected chi connectivity index (χ0v) is 74.4. The van der Waals surface area contributed by atoms with Gasteiger partial charge in [-0.05, 0) is 73.1 Å². The van der Waals surface area contributed by atoms with Crippen molar-refractivity contribution in [2.45, 2.75) is 124 Å². The molecule has 0 saturated carbocycles. The number of benzene rings is 4. The maximum Gasteiger partial charge on any atom is 0.530 e. The molecule has 128 heavy (non-hydrogen) atoms. The number of nitrogens with zero attached hydrogens (tertiary/aromatic N) is 4. The number of para-hydroxylation sites is 4. The van der Waals surface area contributed by atoms with Crippen LogP contribution in [0.5, 0.6) is 46.0 Å². The summed E-state index contributed by atoms with van der Waals surface area (Å²) < 4.78 is 266. The van der Waals surface area contributed by atoms with Crippen molar-refractivity contribution in [2.75, 3.05) is 54.8 Å². The number of nitrogens with one attached hydrogen (secondary N) is 4. The molecular weight excluding hydrogens is 1970 g/mol. The third-order valence-corrected chi connectivity index (χ3v) is 25.9. The van der Waals surface area contributed by atoms with Crippen LogP contribution in [0.2, 0.25) is 20.1 Å². The quantitative estimate of drug-likeness (QED) is 0.0192. The first kappa shape index (κ1) is 89.9. The molecule has 4 aromatic heterocycles. The van der Waals surface area contributed by atoms with Crippen LogP contribution in [0.3, 0.4) is 0 Å². The predicted molar refractivity (Wildman–Crippen MR) is 435 cm³/mol. The minimum atomic E-state index is -4.91. The molecule has 0 spiro atoms. The number of phosphoric ester groups is 4. The third-order valence-electron chi connectivity index (χ3n) is 18.7. The van der Waals surface area contributed by atoms with Crippen molar-refractivity contribution in [1.29, 1.82) is 0 Å². The van der Waals surface area contributed by atoms with Crippen molar-refractivity contribution in [1.82, 2.24) is 38.2 Å². The van der Waals surface area contributed by atoms with Crippen LogP contribution in [-0.2, 0) is 99.8 Å². The summed E-state index contributed by atoms with van der Waals surface area (Å²) in [5.41, 5.74) is -1.32. The summed E-state index contributed by atoms with van der Waals surface area (Å²) in [6, 6.07) is 19.0. The highest BCUT2D eigenvalue weighted by Crippen LogP contribution is 2.62. The molecular formula is C68H68Cl4F4N8O36P4S4. The molecule has 12 N–H and O–H groups in total. The van der Waals surface area contributed by atoms with Crippen molar-refractivity contribution in [3.8, 4) is 46.0 Å². The van der Waals surface area contributed by atoms with Gasteiger partial charge in [-0.1, -0.05) is 94.9 Å². The molecule has 60 heteroatoms. The monoisotopic (exact) mass is 2050 g/mol. The Labute approximate surface area is 762 Å². The number of phosphoric acid groups is 4. The Morgan fingerprint density at radius 1 is 0.406 bits per heavy atom. The largest absolute Gasteiger partial charge is 0.530 e. The summed E-state index contributed by atoms with van der Waals surface area (Å²) in [7, 11) is -13.1. The number of aliphatic hydroxyl groups is 8. The summed E-state index contributed by atoms with van der Waals surface area (Å²) >= 11 is 42.7. The van der Waals surface area contributed by atoms with Gasteiger partial charge >= 0.3 is 31.3 Å². The van der Waals surface area contributed by atoms with Gasteiger partial charge in [-0.25, -0.2) is 35.8 Å². The molecule has 4 fully saturated rings. The Bertz CT molecular complexity index is 6610. The topological polar surface area (TPSA) is 566 Å². The van der Waals surface area contributed by atoms with Crippen LogP contribution in [-0.4, -0.2) is 206 Å². The highest BCUT2D eigenvalue weighted by molar-refractivity contribution is 7.71. The molecule has 696 valence electrons. The zero-order valence-electron chi connectivity index (χ0n) is 70.5. The smallest absolute Gasteiger partial charge is 0.493 e. The van der Waals surface area contributed by atoms with Gasteiger partial charge in [0.15, 0.2) is 89.9 Å². The predicted octanol–water partition coefficient (Wildman–Crippen LogP) is 8.87. The summed E-state index contributed by atoms with van der Waals surface area (Å²) in [6.45, 7) is -11.1. The van der Waals surface area contributed by atoms with E-state index in [0.29, 0.717) is 31.4 Å². The Kier molecular flexibility index (Phi) is 27.2. The van der Waals surface area contributed by atoms with E-state index in [1.165, 1.54) is 40.6 Å². The molecule has 44 nitrogen and oxygen atoms in total. The van der Waals surface area contributed by atoms with Crippen LogP contribution < -0.4 is 59.3 Å². The fraction of sp³-hybridized carbons (Fsp3) is 0.412. The lowest BCUT2D eigenvalue weighted by atomic mass is 10.1. The average molecular weight is 2050 g/mol. The number of aromatic nitrogens is 8. The SMILES string of the molecule is COc1cccc2c1OP(=O)(OC[C@@]1(F)O[C@@H](n3cc(Cl)c(=O)[nH]c3=S)[C@H](O)[C@@H]1O)OC2.[2H]C([2H])(OP1(=O)OCc2cccc(OC)c2O1)[C@@]1(F)O[C@@H](n2cc(Cl)c(=O)[nH]c2=S)[C@H](O)[C@@H]1O.[2H]C([2H])(OP1(=O)OCc2cccc(OC)c2O1)[C@@]1(F)O[C@@]([2H])(n2cc(Cl)c(=O)[nH]c2=S)[C@H](O)[C@@H]1O.[2H][C@@]1(n2cc(Cl)c(=O)[nH]c2=S)O[C@](F)(COP2(=O)OCc3cccc(OC)c3O2)[C@@H](O)[C@H]1O. The van der Waals surface area contributed by atoms with Crippen molar-refractivity contribution >= 4 is 127 Å². The van der Waals surface area contributed by atoms with Gasteiger partial charge in [0.1, 0.15) is 95.3 Å². The first-order valence-electron chi connectivity index (χ1n) is 38.6. The summed E-state index contributed by atoms with van der Waals surface area (Å²) in [5.74, 6) is -13.4. The summed E-state index contributed by atoms with van der Waals surface area (Å²) in [4.78, 5) is 54.9. The zero-order chi connectivity index (χ0) is 98.5. The standard InChI is InChI=1S/4C17H17ClFN2O9PS/c4*1-26-10-4-2-3-8-6-27-31(25,30-12(8)10)28-7-17(19)13(23)11(22)15(29-17)21-5-9(18)14(24)20-16(21)32/h4*2-5,11,13,15,22-23H,6-7H2,1H3,(H,20,24,32)/t4*11-,13+,15-,17-,31?/m1111/s1/i7D2,15D;15D;7D2;. The lowest BCUT2D eigenvalue weighted by Gasteiger charge is -2.29. The highest BCUT2D eigenvalue weighted by Gasteiger charge is 2.62. The van der Waals surface area contributed by atoms with E-state index < -0.39 is 208 Å². The van der Waals surface area contributed by atoms with Gasteiger partial charge in [-0.15, -0.1) is 0 Å². The average Bonchev–Trinajstić information content (AvgIpc) is 1.55. The minimum Gasteiger partial charge on any atom is -0.493 e. The third kappa shape index (κ3) is 20.3. The fourth-order valence-corrected chi connectivity index (χ4v) is 18.4. The van der Waals surface area contributed by atoms with Gasteiger partial charge in [0, 0.05) is 47.0 Å². The molecule has 16 rings (SSSR count). The molecule has 0 bridgehead atoms. The molecule has 4 aromatic carbocycles. The number of methoxy groups -OCH3 is 4. The molecule has 8 aromatic rings. The molecule has 0 radical (unpaired) electrons. The maximum absolute atomic E-state index is 15.9. The van der Waals surface area contributed by atoms with Crippen molar-refractivity contribution < 1.29 is 177 Å². The number of alkyl halides is 4. The second kappa shape index (κ2) is 38.7. The number of H-pyrrole nitrogens is 4. The van der Waals surface area contributed by atoms with E-state index in [1.807, 2.05) is 0 Å². The summed E-state index contributed by atoms with van der Waals surface area (Å²) in [6.07, 6.45) is -24.3.